The highest BCUT2D eigenvalue weighted by molar-refractivity contribution is 6.31. The van der Waals surface area contributed by atoms with Gasteiger partial charge in [0.15, 0.2) is 5.82 Å². The molecule has 0 fully saturated rings. The SMILES string of the molecule is Cc1cc(Nc2ccc(NC(=O)c3cccc(Cl)c3)cn2)no1. The molecule has 3 aromatic rings. The van der Waals surface area contributed by atoms with Crippen LogP contribution < -0.4 is 10.6 Å². The molecule has 0 saturated carbocycles. The number of nitrogens with zero attached hydrogens (tertiary/aromatic N) is 2. The summed E-state index contributed by atoms with van der Waals surface area (Å²) < 4.78 is 4.96. The molecule has 0 spiro atoms. The van der Waals surface area contributed by atoms with Gasteiger partial charge >= 0.3 is 0 Å². The van der Waals surface area contributed by atoms with E-state index in [9.17, 15) is 4.79 Å². The molecule has 0 aliphatic rings. The highest BCUT2D eigenvalue weighted by atomic mass is 35.5. The van der Waals surface area contributed by atoms with Crippen LogP contribution in [-0.2, 0) is 0 Å². The van der Waals surface area contributed by atoms with Crippen molar-refractivity contribution in [1.82, 2.24) is 10.1 Å². The van der Waals surface area contributed by atoms with Crippen molar-refractivity contribution in [3.8, 4) is 0 Å². The fourth-order valence-electron chi connectivity index (χ4n) is 1.93. The summed E-state index contributed by atoms with van der Waals surface area (Å²) in [5.74, 6) is 1.63. The first-order valence-corrected chi connectivity index (χ1v) is 7.21. The molecule has 0 radical (unpaired) electrons. The van der Waals surface area contributed by atoms with Gasteiger partial charge in [0.1, 0.15) is 11.6 Å². The Bertz CT molecular complexity index is 830. The second-order valence-electron chi connectivity index (χ2n) is 4.84. The number of aryl methyl sites for hydroxylation is 1. The summed E-state index contributed by atoms with van der Waals surface area (Å²) in [6, 6.07) is 12.0. The van der Waals surface area contributed by atoms with Gasteiger partial charge in [-0.1, -0.05) is 22.8 Å². The van der Waals surface area contributed by atoms with Gasteiger partial charge < -0.3 is 15.2 Å². The number of benzene rings is 1. The maximum Gasteiger partial charge on any atom is 0.255 e. The lowest BCUT2D eigenvalue weighted by Gasteiger charge is -2.06. The average molecular weight is 329 g/mol. The fraction of sp³-hybridized carbons (Fsp3) is 0.0625. The number of hydrogen-bond donors (Lipinski definition) is 2. The Morgan fingerprint density at radius 2 is 2.04 bits per heavy atom. The summed E-state index contributed by atoms with van der Waals surface area (Å²) in [4.78, 5) is 16.3. The number of carbonyl (C=O) groups is 1. The Morgan fingerprint density at radius 1 is 1.17 bits per heavy atom. The Balaban J connectivity index is 1.66. The van der Waals surface area contributed by atoms with Gasteiger partial charge in [0.05, 0.1) is 11.9 Å². The van der Waals surface area contributed by atoms with E-state index < -0.39 is 0 Å². The normalized spacial score (nSPS) is 10.3. The first-order valence-electron chi connectivity index (χ1n) is 6.83. The summed E-state index contributed by atoms with van der Waals surface area (Å²) in [6.45, 7) is 1.81. The molecule has 116 valence electrons. The topological polar surface area (TPSA) is 80.0 Å². The van der Waals surface area contributed by atoms with Crippen LogP contribution in [0.5, 0.6) is 0 Å². The van der Waals surface area contributed by atoms with Crippen molar-refractivity contribution < 1.29 is 9.32 Å². The Labute approximate surface area is 137 Å². The third kappa shape index (κ3) is 3.87. The summed E-state index contributed by atoms with van der Waals surface area (Å²) in [7, 11) is 0. The third-order valence-electron chi connectivity index (χ3n) is 2.99. The van der Waals surface area contributed by atoms with Crippen LogP contribution in [0.2, 0.25) is 5.02 Å². The van der Waals surface area contributed by atoms with Crippen molar-refractivity contribution in [1.29, 1.82) is 0 Å². The minimum atomic E-state index is -0.248. The number of rotatable bonds is 4. The lowest BCUT2D eigenvalue weighted by molar-refractivity contribution is 0.102. The van der Waals surface area contributed by atoms with Crippen LogP contribution >= 0.6 is 11.6 Å². The van der Waals surface area contributed by atoms with Crippen LogP contribution in [0.4, 0.5) is 17.3 Å². The molecule has 2 N–H and O–H groups in total. The predicted molar refractivity (Wildman–Crippen MR) is 88.2 cm³/mol. The number of nitrogens with one attached hydrogen (secondary N) is 2. The highest BCUT2D eigenvalue weighted by Gasteiger charge is 2.07. The maximum atomic E-state index is 12.1. The standard InChI is InChI=1S/C16H13ClN4O2/c1-10-7-15(21-23-10)20-14-6-5-13(9-18-14)19-16(22)11-3-2-4-12(17)8-11/h2-9H,1H3,(H,19,22)(H,18,20,21). The number of halogens is 1. The molecule has 23 heavy (non-hydrogen) atoms. The van der Waals surface area contributed by atoms with Crippen molar-refractivity contribution in [2.75, 3.05) is 10.6 Å². The van der Waals surface area contributed by atoms with Crippen LogP contribution in [0.15, 0.2) is 53.2 Å². The van der Waals surface area contributed by atoms with Crippen LogP contribution in [0.3, 0.4) is 0 Å². The monoisotopic (exact) mass is 328 g/mol. The Hall–Kier alpha value is -2.86. The van der Waals surface area contributed by atoms with E-state index in [-0.39, 0.29) is 5.91 Å². The van der Waals surface area contributed by atoms with E-state index in [1.807, 2.05) is 0 Å². The van der Waals surface area contributed by atoms with Gasteiger partial charge in [-0.25, -0.2) is 4.98 Å². The number of pyridine rings is 1. The van der Waals surface area contributed by atoms with Gasteiger partial charge in [0.2, 0.25) is 0 Å². The molecule has 7 heteroatoms. The highest BCUT2D eigenvalue weighted by Crippen LogP contribution is 2.17. The number of carbonyl (C=O) groups excluding carboxylic acids is 1. The Kier molecular flexibility index (Phi) is 4.25. The Morgan fingerprint density at radius 3 is 2.70 bits per heavy atom. The molecule has 3 rings (SSSR count). The maximum absolute atomic E-state index is 12.1. The number of anilines is 3. The van der Waals surface area contributed by atoms with E-state index in [0.717, 1.165) is 0 Å². The van der Waals surface area contributed by atoms with Crippen LogP contribution in [-0.4, -0.2) is 16.0 Å². The molecule has 6 nitrogen and oxygen atoms in total. The molecule has 2 heterocycles. The second kappa shape index (κ2) is 6.50. The van der Waals surface area contributed by atoms with E-state index in [2.05, 4.69) is 20.8 Å². The van der Waals surface area contributed by atoms with Crippen LogP contribution in [0.1, 0.15) is 16.1 Å². The summed E-state index contributed by atoms with van der Waals surface area (Å²) >= 11 is 5.88. The quantitative estimate of drug-likeness (QED) is 0.756. The lowest BCUT2D eigenvalue weighted by atomic mass is 10.2. The third-order valence-corrected chi connectivity index (χ3v) is 3.23. The van der Waals surface area contributed by atoms with E-state index in [0.29, 0.717) is 33.7 Å². The van der Waals surface area contributed by atoms with Gasteiger partial charge in [-0.3, -0.25) is 4.79 Å². The molecule has 0 aliphatic carbocycles. The fourth-order valence-corrected chi connectivity index (χ4v) is 2.12. The molecule has 2 aromatic heterocycles. The lowest BCUT2D eigenvalue weighted by Crippen LogP contribution is -2.12. The van der Waals surface area contributed by atoms with Crippen molar-refractivity contribution in [2.45, 2.75) is 6.92 Å². The first-order chi connectivity index (χ1) is 11.1. The largest absolute Gasteiger partial charge is 0.360 e. The van der Waals surface area contributed by atoms with Crippen molar-refractivity contribution in [3.05, 3.63) is 65.0 Å². The van der Waals surface area contributed by atoms with Gasteiger partial charge in [0.25, 0.3) is 5.91 Å². The zero-order valence-electron chi connectivity index (χ0n) is 12.2. The molecule has 1 aromatic carbocycles. The summed E-state index contributed by atoms with van der Waals surface area (Å²) in [5.41, 5.74) is 1.06. The number of aromatic nitrogens is 2. The first kappa shape index (κ1) is 15.1. The molecule has 0 unspecified atom stereocenters. The van der Waals surface area contributed by atoms with Gasteiger partial charge in [-0.15, -0.1) is 0 Å². The zero-order valence-corrected chi connectivity index (χ0v) is 13.0. The predicted octanol–water partition coefficient (Wildman–Crippen LogP) is 4.03. The number of hydrogen-bond acceptors (Lipinski definition) is 5. The second-order valence-corrected chi connectivity index (χ2v) is 5.28. The van der Waals surface area contributed by atoms with Gasteiger partial charge in [-0.2, -0.15) is 0 Å². The summed E-state index contributed by atoms with van der Waals surface area (Å²) in [5, 5.41) is 10.1. The van der Waals surface area contributed by atoms with Crippen LogP contribution in [0, 0.1) is 6.92 Å². The van der Waals surface area contributed by atoms with Crippen molar-refractivity contribution in [2.24, 2.45) is 0 Å². The van der Waals surface area contributed by atoms with Crippen LogP contribution in [0.25, 0.3) is 0 Å². The smallest absolute Gasteiger partial charge is 0.255 e. The minimum absolute atomic E-state index is 0.248. The molecular formula is C16H13ClN4O2. The summed E-state index contributed by atoms with van der Waals surface area (Å²) in [6.07, 6.45) is 1.55. The van der Waals surface area contributed by atoms with E-state index in [1.54, 1.807) is 55.6 Å². The minimum Gasteiger partial charge on any atom is -0.360 e. The van der Waals surface area contributed by atoms with Gasteiger partial charge in [-0.05, 0) is 37.3 Å². The number of amides is 1. The van der Waals surface area contributed by atoms with Gasteiger partial charge in [0, 0.05) is 16.7 Å². The molecule has 0 saturated heterocycles. The molecule has 1 amide bonds. The molecule has 0 bridgehead atoms. The van der Waals surface area contributed by atoms with E-state index in [4.69, 9.17) is 16.1 Å². The zero-order chi connectivity index (χ0) is 16.2. The van der Waals surface area contributed by atoms with Crippen molar-refractivity contribution in [3.63, 3.8) is 0 Å². The average Bonchev–Trinajstić information content (AvgIpc) is 2.94. The molecular weight excluding hydrogens is 316 g/mol. The van der Waals surface area contributed by atoms with E-state index >= 15 is 0 Å². The molecule has 0 aliphatic heterocycles. The molecule has 0 atom stereocenters. The van der Waals surface area contributed by atoms with E-state index in [1.165, 1.54) is 0 Å². The van der Waals surface area contributed by atoms with Crippen molar-refractivity contribution >= 4 is 34.8 Å².